The van der Waals surface area contributed by atoms with E-state index in [0.717, 1.165) is 10.4 Å². The first-order valence-electron chi connectivity index (χ1n) is 5.52. The Balaban J connectivity index is 2.21. The van der Waals surface area contributed by atoms with Gasteiger partial charge in [0.25, 0.3) is 0 Å². The molecule has 2 heterocycles. The van der Waals surface area contributed by atoms with E-state index >= 15 is 0 Å². The maximum absolute atomic E-state index is 6.13. The number of rotatable bonds is 2. The van der Waals surface area contributed by atoms with Gasteiger partial charge in [0.2, 0.25) is 0 Å². The molecule has 7 heteroatoms. The predicted molar refractivity (Wildman–Crippen MR) is 84.7 cm³/mol. The number of thiophene rings is 1. The van der Waals surface area contributed by atoms with E-state index in [1.165, 1.54) is 11.3 Å². The van der Waals surface area contributed by atoms with Gasteiger partial charge in [0.15, 0.2) is 11.6 Å². The first kappa shape index (κ1) is 13.8. The van der Waals surface area contributed by atoms with Crippen LogP contribution in [0.2, 0.25) is 15.1 Å². The SMILES string of the molecule is Nc1noc(-c2sccc2Cl)c1-c1ccc(Cl)c(Cl)c1. The van der Waals surface area contributed by atoms with Gasteiger partial charge in [-0.1, -0.05) is 46.0 Å². The second-order valence-electron chi connectivity index (χ2n) is 4.00. The molecule has 0 amide bonds. The summed E-state index contributed by atoms with van der Waals surface area (Å²) in [5.74, 6) is 0.809. The van der Waals surface area contributed by atoms with Crippen LogP contribution < -0.4 is 5.73 Å². The van der Waals surface area contributed by atoms with E-state index < -0.39 is 0 Å². The summed E-state index contributed by atoms with van der Waals surface area (Å²) in [5, 5.41) is 7.19. The lowest BCUT2D eigenvalue weighted by atomic mass is 10.1. The number of benzene rings is 1. The summed E-state index contributed by atoms with van der Waals surface area (Å²) in [6.45, 7) is 0. The average Bonchev–Trinajstić information content (AvgIpc) is 2.99. The number of aromatic nitrogens is 1. The molecule has 2 aromatic heterocycles. The van der Waals surface area contributed by atoms with Crippen molar-refractivity contribution in [2.75, 3.05) is 5.73 Å². The Morgan fingerprint density at radius 1 is 1.05 bits per heavy atom. The molecule has 0 aliphatic heterocycles. The van der Waals surface area contributed by atoms with Crippen molar-refractivity contribution in [1.29, 1.82) is 0 Å². The number of nitrogens with two attached hydrogens (primary N) is 1. The van der Waals surface area contributed by atoms with Crippen LogP contribution in [0.1, 0.15) is 0 Å². The van der Waals surface area contributed by atoms with Gasteiger partial charge in [0.05, 0.1) is 25.5 Å². The zero-order valence-electron chi connectivity index (χ0n) is 9.86. The van der Waals surface area contributed by atoms with Crippen molar-refractivity contribution in [3.8, 4) is 21.8 Å². The fraction of sp³-hybridized carbons (Fsp3) is 0. The molecular formula is C13H7Cl3N2OS. The van der Waals surface area contributed by atoms with Crippen molar-refractivity contribution in [2.45, 2.75) is 0 Å². The number of hydrogen-bond donors (Lipinski definition) is 1. The Bertz CT molecular complexity index is 782. The number of nitrogens with zero attached hydrogens (tertiary/aromatic N) is 1. The summed E-state index contributed by atoms with van der Waals surface area (Å²) in [7, 11) is 0. The molecule has 0 atom stereocenters. The monoisotopic (exact) mass is 344 g/mol. The minimum Gasteiger partial charge on any atom is -0.380 e. The van der Waals surface area contributed by atoms with Crippen LogP contribution in [-0.4, -0.2) is 5.16 Å². The van der Waals surface area contributed by atoms with Crippen molar-refractivity contribution in [3.63, 3.8) is 0 Å². The Kier molecular flexibility index (Phi) is 3.65. The maximum Gasteiger partial charge on any atom is 0.188 e. The summed E-state index contributed by atoms with van der Waals surface area (Å²) in [6.07, 6.45) is 0. The molecular weight excluding hydrogens is 339 g/mol. The zero-order chi connectivity index (χ0) is 14.3. The van der Waals surface area contributed by atoms with E-state index in [4.69, 9.17) is 45.1 Å². The average molecular weight is 346 g/mol. The number of nitrogen functional groups attached to an aromatic ring is 1. The van der Waals surface area contributed by atoms with Gasteiger partial charge in [-0.3, -0.25) is 0 Å². The highest BCUT2D eigenvalue weighted by Gasteiger charge is 2.21. The number of halogens is 3. The van der Waals surface area contributed by atoms with Crippen LogP contribution in [0.15, 0.2) is 34.2 Å². The molecule has 3 nitrogen and oxygen atoms in total. The zero-order valence-corrected chi connectivity index (χ0v) is 12.9. The summed E-state index contributed by atoms with van der Waals surface area (Å²) in [6, 6.07) is 7.02. The lowest BCUT2D eigenvalue weighted by molar-refractivity contribution is 0.437. The van der Waals surface area contributed by atoms with Gasteiger partial charge in [0.1, 0.15) is 0 Å². The van der Waals surface area contributed by atoms with Gasteiger partial charge < -0.3 is 10.3 Å². The molecule has 0 aliphatic carbocycles. The molecule has 20 heavy (non-hydrogen) atoms. The second-order valence-corrected chi connectivity index (χ2v) is 6.14. The van der Waals surface area contributed by atoms with E-state index in [-0.39, 0.29) is 5.82 Å². The van der Waals surface area contributed by atoms with Gasteiger partial charge in [-0.2, -0.15) is 0 Å². The summed E-state index contributed by atoms with van der Waals surface area (Å²) < 4.78 is 5.32. The molecule has 0 aliphatic rings. The van der Waals surface area contributed by atoms with E-state index in [1.54, 1.807) is 18.2 Å². The van der Waals surface area contributed by atoms with Crippen LogP contribution in [0.25, 0.3) is 21.8 Å². The van der Waals surface area contributed by atoms with Crippen molar-refractivity contribution in [1.82, 2.24) is 5.16 Å². The fourth-order valence-corrected chi connectivity index (χ4v) is 3.27. The maximum atomic E-state index is 6.13. The van der Waals surface area contributed by atoms with Crippen LogP contribution >= 0.6 is 46.1 Å². The lowest BCUT2D eigenvalue weighted by Crippen LogP contribution is -1.88. The third-order valence-corrected chi connectivity index (χ3v) is 4.83. The summed E-state index contributed by atoms with van der Waals surface area (Å²) >= 11 is 19.6. The highest BCUT2D eigenvalue weighted by molar-refractivity contribution is 7.14. The predicted octanol–water partition coefficient (Wildman–Crippen LogP) is 5.61. The molecule has 2 N–H and O–H groups in total. The van der Waals surface area contributed by atoms with Crippen molar-refractivity contribution >= 4 is 52.0 Å². The first-order chi connectivity index (χ1) is 9.58. The molecule has 102 valence electrons. The molecule has 1 aromatic carbocycles. The molecule has 0 radical (unpaired) electrons. The molecule has 0 bridgehead atoms. The Hall–Kier alpha value is -1.20. The van der Waals surface area contributed by atoms with Gasteiger partial charge >= 0.3 is 0 Å². The Morgan fingerprint density at radius 2 is 1.85 bits per heavy atom. The third-order valence-electron chi connectivity index (χ3n) is 2.75. The minimum atomic E-state index is 0.280. The van der Waals surface area contributed by atoms with Crippen LogP contribution in [-0.2, 0) is 0 Å². The number of anilines is 1. The van der Waals surface area contributed by atoms with Crippen molar-refractivity contribution in [3.05, 3.63) is 44.7 Å². The van der Waals surface area contributed by atoms with Crippen LogP contribution in [0.3, 0.4) is 0 Å². The standard InChI is InChI=1S/C13H7Cl3N2OS/c14-7-2-1-6(5-9(7)16)10-11(19-18-13(10)17)12-8(15)3-4-20-12/h1-5H,(H2,17,18). The lowest BCUT2D eigenvalue weighted by Gasteiger charge is -2.03. The number of hydrogen-bond acceptors (Lipinski definition) is 4. The molecule has 0 saturated heterocycles. The second kappa shape index (κ2) is 5.30. The van der Waals surface area contributed by atoms with Gasteiger partial charge in [-0.15, -0.1) is 11.3 Å². The van der Waals surface area contributed by atoms with Crippen LogP contribution in [0.5, 0.6) is 0 Å². The van der Waals surface area contributed by atoms with E-state index in [9.17, 15) is 0 Å². The Labute approximate surface area is 133 Å². The topological polar surface area (TPSA) is 52.0 Å². The molecule has 3 aromatic rings. The van der Waals surface area contributed by atoms with E-state index in [2.05, 4.69) is 5.16 Å². The first-order valence-corrected chi connectivity index (χ1v) is 7.53. The Morgan fingerprint density at radius 3 is 2.50 bits per heavy atom. The molecule has 0 spiro atoms. The highest BCUT2D eigenvalue weighted by Crippen LogP contribution is 2.43. The van der Waals surface area contributed by atoms with Gasteiger partial charge in [-0.25, -0.2) is 0 Å². The van der Waals surface area contributed by atoms with Gasteiger partial charge in [0, 0.05) is 0 Å². The molecule has 0 unspecified atom stereocenters. The smallest absolute Gasteiger partial charge is 0.188 e. The highest BCUT2D eigenvalue weighted by atomic mass is 35.5. The summed E-state index contributed by atoms with van der Waals surface area (Å²) in [4.78, 5) is 0.775. The quantitative estimate of drug-likeness (QED) is 0.656. The molecule has 3 rings (SSSR count). The van der Waals surface area contributed by atoms with E-state index in [1.807, 2.05) is 11.4 Å². The van der Waals surface area contributed by atoms with Crippen LogP contribution in [0.4, 0.5) is 5.82 Å². The summed E-state index contributed by atoms with van der Waals surface area (Å²) in [5.41, 5.74) is 7.33. The van der Waals surface area contributed by atoms with Crippen molar-refractivity contribution in [2.24, 2.45) is 0 Å². The largest absolute Gasteiger partial charge is 0.380 e. The van der Waals surface area contributed by atoms with E-state index in [0.29, 0.717) is 26.4 Å². The van der Waals surface area contributed by atoms with Gasteiger partial charge in [-0.05, 0) is 29.1 Å². The minimum absolute atomic E-state index is 0.280. The molecule has 0 fully saturated rings. The van der Waals surface area contributed by atoms with Crippen LogP contribution in [0, 0.1) is 0 Å². The normalized spacial score (nSPS) is 10.9. The molecule has 0 saturated carbocycles. The third kappa shape index (κ3) is 2.29. The van der Waals surface area contributed by atoms with Crippen molar-refractivity contribution < 1.29 is 4.52 Å². The fourth-order valence-electron chi connectivity index (χ4n) is 1.84.